The van der Waals surface area contributed by atoms with Gasteiger partial charge in [0.15, 0.2) is 0 Å². The number of fused-ring (bicyclic) bond motifs is 1. The van der Waals surface area contributed by atoms with E-state index in [9.17, 15) is 4.79 Å². The molecule has 0 radical (unpaired) electrons. The first-order valence-corrected chi connectivity index (χ1v) is 8.28. The van der Waals surface area contributed by atoms with Crippen molar-refractivity contribution in [1.82, 2.24) is 14.9 Å². The molecule has 120 valence electrons. The SMILES string of the molecule is COc1cc(Cl)c2nc(C)n(C)c2c1CNC(=O)c1cccs1. The van der Waals surface area contributed by atoms with Crippen molar-refractivity contribution in [1.29, 1.82) is 0 Å². The summed E-state index contributed by atoms with van der Waals surface area (Å²) in [7, 11) is 3.51. The predicted molar refractivity (Wildman–Crippen MR) is 92.5 cm³/mol. The molecule has 0 unspecified atom stereocenters. The lowest BCUT2D eigenvalue weighted by molar-refractivity contribution is 0.0955. The molecule has 1 aromatic carbocycles. The van der Waals surface area contributed by atoms with Crippen molar-refractivity contribution in [2.24, 2.45) is 7.05 Å². The maximum atomic E-state index is 12.2. The third kappa shape index (κ3) is 2.80. The minimum atomic E-state index is -0.107. The average Bonchev–Trinajstić information content (AvgIpc) is 3.16. The second kappa shape index (κ2) is 6.22. The molecule has 0 atom stereocenters. The molecule has 3 rings (SSSR count). The Morgan fingerprint density at radius 3 is 2.96 bits per heavy atom. The second-order valence-electron chi connectivity index (χ2n) is 5.11. The fraction of sp³-hybridized carbons (Fsp3) is 0.250. The van der Waals surface area contributed by atoms with E-state index < -0.39 is 0 Å². The van der Waals surface area contributed by atoms with Crippen molar-refractivity contribution < 1.29 is 9.53 Å². The van der Waals surface area contributed by atoms with Crippen molar-refractivity contribution >= 4 is 39.9 Å². The van der Waals surface area contributed by atoms with E-state index in [1.165, 1.54) is 11.3 Å². The zero-order chi connectivity index (χ0) is 16.6. The Morgan fingerprint density at radius 1 is 1.52 bits per heavy atom. The Labute approximate surface area is 142 Å². The third-order valence-electron chi connectivity index (χ3n) is 3.78. The minimum absolute atomic E-state index is 0.107. The Bertz CT molecular complexity index is 871. The van der Waals surface area contributed by atoms with Crippen molar-refractivity contribution in [3.8, 4) is 5.75 Å². The Balaban J connectivity index is 2.02. The minimum Gasteiger partial charge on any atom is -0.496 e. The summed E-state index contributed by atoms with van der Waals surface area (Å²) in [5.74, 6) is 1.38. The van der Waals surface area contributed by atoms with Gasteiger partial charge in [-0.05, 0) is 18.4 Å². The number of thiophene rings is 1. The number of nitrogens with one attached hydrogen (secondary N) is 1. The topological polar surface area (TPSA) is 56.1 Å². The molecule has 0 fully saturated rings. The molecular formula is C16H16ClN3O2S. The van der Waals surface area contributed by atoms with Crippen molar-refractivity contribution in [3.63, 3.8) is 0 Å². The lowest BCUT2D eigenvalue weighted by Crippen LogP contribution is -2.22. The summed E-state index contributed by atoms with van der Waals surface area (Å²) in [5.41, 5.74) is 2.45. The van der Waals surface area contributed by atoms with Crippen LogP contribution in [0.1, 0.15) is 21.1 Å². The summed E-state index contributed by atoms with van der Waals surface area (Å²) in [6.45, 7) is 2.25. The third-order valence-corrected chi connectivity index (χ3v) is 4.93. The van der Waals surface area contributed by atoms with Gasteiger partial charge >= 0.3 is 0 Å². The van der Waals surface area contributed by atoms with E-state index in [4.69, 9.17) is 16.3 Å². The lowest BCUT2D eigenvalue weighted by atomic mass is 10.1. The van der Waals surface area contributed by atoms with Crippen LogP contribution in [0.15, 0.2) is 23.6 Å². The molecule has 0 saturated carbocycles. The number of methoxy groups -OCH3 is 1. The summed E-state index contributed by atoms with van der Waals surface area (Å²) in [6, 6.07) is 5.39. The van der Waals surface area contributed by atoms with E-state index in [0.717, 1.165) is 16.9 Å². The van der Waals surface area contributed by atoms with E-state index in [1.807, 2.05) is 30.0 Å². The number of aromatic nitrogens is 2. The highest BCUT2D eigenvalue weighted by Gasteiger charge is 2.18. The number of carbonyl (C=O) groups excluding carboxylic acids is 1. The van der Waals surface area contributed by atoms with Crippen LogP contribution in [0.2, 0.25) is 5.02 Å². The van der Waals surface area contributed by atoms with E-state index in [1.54, 1.807) is 19.2 Å². The van der Waals surface area contributed by atoms with Gasteiger partial charge in [-0.25, -0.2) is 4.98 Å². The molecule has 2 heterocycles. The Kier molecular flexibility index (Phi) is 4.28. The lowest BCUT2D eigenvalue weighted by Gasteiger charge is -2.13. The number of carbonyl (C=O) groups is 1. The smallest absolute Gasteiger partial charge is 0.261 e. The van der Waals surface area contributed by atoms with Gasteiger partial charge in [0.2, 0.25) is 0 Å². The van der Waals surface area contributed by atoms with Crippen LogP contribution in [-0.2, 0) is 13.6 Å². The summed E-state index contributed by atoms with van der Waals surface area (Å²) in [4.78, 5) is 17.3. The van der Waals surface area contributed by atoms with Crippen LogP contribution < -0.4 is 10.1 Å². The maximum absolute atomic E-state index is 12.2. The number of amides is 1. The van der Waals surface area contributed by atoms with Crippen LogP contribution in [0.4, 0.5) is 0 Å². The first kappa shape index (κ1) is 15.8. The molecular weight excluding hydrogens is 334 g/mol. The highest BCUT2D eigenvalue weighted by molar-refractivity contribution is 7.12. The molecule has 1 amide bonds. The molecule has 0 aliphatic carbocycles. The van der Waals surface area contributed by atoms with Gasteiger partial charge in [-0.1, -0.05) is 17.7 Å². The van der Waals surface area contributed by atoms with Crippen molar-refractivity contribution in [3.05, 3.63) is 44.9 Å². The first-order chi connectivity index (χ1) is 11.0. The zero-order valence-electron chi connectivity index (χ0n) is 13.0. The highest BCUT2D eigenvalue weighted by Crippen LogP contribution is 2.34. The van der Waals surface area contributed by atoms with Crippen LogP contribution in [-0.4, -0.2) is 22.6 Å². The molecule has 2 aromatic heterocycles. The molecule has 0 spiro atoms. The Hall–Kier alpha value is -2.05. The zero-order valence-corrected chi connectivity index (χ0v) is 14.6. The van der Waals surface area contributed by atoms with Crippen LogP contribution in [0, 0.1) is 6.92 Å². The van der Waals surface area contributed by atoms with Crippen molar-refractivity contribution in [2.45, 2.75) is 13.5 Å². The van der Waals surface area contributed by atoms with E-state index in [-0.39, 0.29) is 5.91 Å². The number of ether oxygens (including phenoxy) is 1. The van der Waals surface area contributed by atoms with Crippen LogP contribution in [0.25, 0.3) is 11.0 Å². The fourth-order valence-electron chi connectivity index (χ4n) is 2.53. The number of rotatable bonds is 4. The molecule has 23 heavy (non-hydrogen) atoms. The predicted octanol–water partition coefficient (Wildman–Crippen LogP) is 3.54. The number of aryl methyl sites for hydroxylation is 2. The van der Waals surface area contributed by atoms with Crippen LogP contribution in [0.5, 0.6) is 5.75 Å². The molecule has 0 aliphatic heterocycles. The first-order valence-electron chi connectivity index (χ1n) is 7.03. The number of hydrogen-bond donors (Lipinski definition) is 1. The highest BCUT2D eigenvalue weighted by atomic mass is 35.5. The summed E-state index contributed by atoms with van der Waals surface area (Å²) < 4.78 is 7.40. The summed E-state index contributed by atoms with van der Waals surface area (Å²) in [5, 5.41) is 5.34. The average molecular weight is 350 g/mol. The molecule has 0 bridgehead atoms. The standard InChI is InChI=1S/C16H16ClN3O2S/c1-9-19-14-11(17)7-12(22-3)10(15(14)20(9)2)8-18-16(21)13-5-4-6-23-13/h4-7H,8H2,1-3H3,(H,18,21). The molecule has 3 aromatic rings. The Morgan fingerprint density at radius 2 is 2.30 bits per heavy atom. The van der Waals surface area contributed by atoms with Gasteiger partial charge in [-0.3, -0.25) is 4.79 Å². The summed E-state index contributed by atoms with van der Waals surface area (Å²) in [6.07, 6.45) is 0. The molecule has 1 N–H and O–H groups in total. The van der Waals surface area contributed by atoms with Crippen LogP contribution >= 0.6 is 22.9 Å². The van der Waals surface area contributed by atoms with Gasteiger partial charge in [0.25, 0.3) is 5.91 Å². The monoisotopic (exact) mass is 349 g/mol. The van der Waals surface area contributed by atoms with Crippen molar-refractivity contribution in [2.75, 3.05) is 7.11 Å². The molecule has 7 heteroatoms. The van der Waals surface area contributed by atoms with Gasteiger partial charge in [0.05, 0.1) is 22.5 Å². The van der Waals surface area contributed by atoms with Gasteiger partial charge in [0.1, 0.15) is 17.1 Å². The molecule has 0 saturated heterocycles. The number of benzene rings is 1. The summed E-state index contributed by atoms with van der Waals surface area (Å²) >= 11 is 7.71. The quantitative estimate of drug-likeness (QED) is 0.783. The van der Waals surface area contributed by atoms with E-state index >= 15 is 0 Å². The van der Waals surface area contributed by atoms with Gasteiger partial charge in [-0.15, -0.1) is 11.3 Å². The second-order valence-corrected chi connectivity index (χ2v) is 6.47. The van der Waals surface area contributed by atoms with Gasteiger partial charge in [0, 0.05) is 25.2 Å². The van der Waals surface area contributed by atoms with E-state index in [0.29, 0.717) is 27.7 Å². The normalized spacial score (nSPS) is 11.0. The number of hydrogen-bond acceptors (Lipinski definition) is 4. The molecule has 0 aliphatic rings. The molecule has 5 nitrogen and oxygen atoms in total. The van der Waals surface area contributed by atoms with Gasteiger partial charge in [-0.2, -0.15) is 0 Å². The largest absolute Gasteiger partial charge is 0.496 e. The van der Waals surface area contributed by atoms with Crippen LogP contribution in [0.3, 0.4) is 0 Å². The van der Waals surface area contributed by atoms with E-state index in [2.05, 4.69) is 10.3 Å². The number of nitrogens with zero attached hydrogens (tertiary/aromatic N) is 2. The maximum Gasteiger partial charge on any atom is 0.261 e. The number of halogens is 1. The number of imidazole rings is 1. The van der Waals surface area contributed by atoms with Gasteiger partial charge < -0.3 is 14.6 Å². The fourth-order valence-corrected chi connectivity index (χ4v) is 3.40.